The molecule has 0 aromatic carbocycles. The van der Waals surface area contributed by atoms with Crippen LogP contribution >= 0.6 is 7.60 Å². The Labute approximate surface area is 147 Å². The molecule has 3 N–H and O–H groups in total. The maximum absolute atomic E-state index is 11.9. The third-order valence-electron chi connectivity index (χ3n) is 4.84. The highest BCUT2D eigenvalue weighted by Gasteiger charge is 2.52. The summed E-state index contributed by atoms with van der Waals surface area (Å²) in [5, 5.41) is 7.64. The summed E-state index contributed by atoms with van der Waals surface area (Å²) >= 11 is 0. The number of rotatable bonds is 16. The van der Waals surface area contributed by atoms with Gasteiger partial charge in [0.15, 0.2) is 5.16 Å². The van der Waals surface area contributed by atoms with E-state index in [2.05, 4.69) is 6.92 Å². The van der Waals surface area contributed by atoms with Crippen molar-refractivity contribution in [1.82, 2.24) is 0 Å². The fourth-order valence-corrected chi connectivity index (χ4v) is 4.30. The topological polar surface area (TPSA) is 94.8 Å². The molecular weight excluding hydrogens is 327 g/mol. The van der Waals surface area contributed by atoms with Crippen LogP contribution in [0.4, 0.5) is 0 Å². The van der Waals surface area contributed by atoms with Gasteiger partial charge in [-0.15, -0.1) is 0 Å². The van der Waals surface area contributed by atoms with Crippen molar-refractivity contribution < 1.29 is 24.3 Å². The lowest BCUT2D eigenvalue weighted by molar-refractivity contribution is -0.141. The summed E-state index contributed by atoms with van der Waals surface area (Å²) < 4.78 is 11.9. The first kappa shape index (κ1) is 23.6. The Kier molecular flexibility index (Phi) is 12.7. The van der Waals surface area contributed by atoms with Crippen LogP contribution in [0, 0.1) is 0 Å². The van der Waals surface area contributed by atoms with Crippen molar-refractivity contribution in [2.75, 3.05) is 0 Å². The van der Waals surface area contributed by atoms with Crippen molar-refractivity contribution in [1.29, 1.82) is 0 Å². The van der Waals surface area contributed by atoms with Crippen molar-refractivity contribution in [3.63, 3.8) is 0 Å². The standard InChI is InChI=1S/C18H37O5P/c1-3-5-7-9-10-11-12-14-16-18(17(19)20,24(21,22)23)15-13-8-6-4-2/h3-16H2,1-2H3,(H,19,20)(H2,21,22,23). The zero-order chi connectivity index (χ0) is 18.5. The Hall–Kier alpha value is -0.380. The molecule has 0 saturated heterocycles. The summed E-state index contributed by atoms with van der Waals surface area (Å²) in [6.45, 7) is 4.22. The zero-order valence-electron chi connectivity index (χ0n) is 15.5. The first-order valence-corrected chi connectivity index (χ1v) is 11.2. The van der Waals surface area contributed by atoms with Gasteiger partial charge in [0, 0.05) is 0 Å². The minimum atomic E-state index is -4.68. The molecule has 0 aliphatic rings. The molecule has 0 rings (SSSR count). The van der Waals surface area contributed by atoms with E-state index >= 15 is 0 Å². The molecule has 1 unspecified atom stereocenters. The summed E-state index contributed by atoms with van der Waals surface area (Å²) in [6, 6.07) is 0. The third kappa shape index (κ3) is 8.64. The van der Waals surface area contributed by atoms with Crippen LogP contribution in [0.1, 0.15) is 104 Å². The van der Waals surface area contributed by atoms with E-state index in [0.29, 0.717) is 12.8 Å². The van der Waals surface area contributed by atoms with Crippen LogP contribution in [-0.4, -0.2) is 26.0 Å². The number of carboxylic acid groups (broad SMARTS) is 1. The number of aliphatic carboxylic acids is 1. The van der Waals surface area contributed by atoms with E-state index in [1.165, 1.54) is 25.7 Å². The lowest BCUT2D eigenvalue weighted by atomic mass is 9.93. The molecule has 0 fully saturated rings. The predicted octanol–water partition coefficient (Wildman–Crippen LogP) is 5.49. The lowest BCUT2D eigenvalue weighted by Crippen LogP contribution is -2.38. The fraction of sp³-hybridized carbons (Fsp3) is 0.944. The van der Waals surface area contributed by atoms with E-state index in [-0.39, 0.29) is 12.8 Å². The van der Waals surface area contributed by atoms with Gasteiger partial charge < -0.3 is 14.9 Å². The minimum absolute atomic E-state index is 0.0725. The second kappa shape index (κ2) is 12.9. The van der Waals surface area contributed by atoms with E-state index < -0.39 is 18.7 Å². The maximum atomic E-state index is 11.9. The van der Waals surface area contributed by atoms with Crippen LogP contribution in [0.15, 0.2) is 0 Å². The molecule has 6 heteroatoms. The Morgan fingerprint density at radius 1 is 0.750 bits per heavy atom. The van der Waals surface area contributed by atoms with E-state index in [1.54, 1.807) is 0 Å². The molecule has 0 saturated carbocycles. The third-order valence-corrected chi connectivity index (χ3v) is 6.60. The van der Waals surface area contributed by atoms with Crippen LogP contribution in [0.25, 0.3) is 0 Å². The fourth-order valence-electron chi connectivity index (χ4n) is 3.15. The van der Waals surface area contributed by atoms with Crippen LogP contribution in [0.5, 0.6) is 0 Å². The predicted molar refractivity (Wildman–Crippen MR) is 98.4 cm³/mol. The summed E-state index contributed by atoms with van der Waals surface area (Å²) in [7, 11) is -4.68. The van der Waals surface area contributed by atoms with E-state index in [1.807, 2.05) is 6.92 Å². The Morgan fingerprint density at radius 2 is 1.08 bits per heavy atom. The number of unbranched alkanes of at least 4 members (excludes halogenated alkanes) is 10. The normalized spacial score (nSPS) is 14.5. The largest absolute Gasteiger partial charge is 0.480 e. The molecular formula is C18H37O5P. The van der Waals surface area contributed by atoms with Crippen LogP contribution < -0.4 is 0 Å². The molecule has 0 radical (unpaired) electrons. The first-order valence-electron chi connectivity index (χ1n) is 9.61. The van der Waals surface area contributed by atoms with E-state index in [9.17, 15) is 24.3 Å². The van der Waals surface area contributed by atoms with E-state index in [0.717, 1.165) is 38.5 Å². The summed E-state index contributed by atoms with van der Waals surface area (Å²) in [5.41, 5.74) is 0. The van der Waals surface area contributed by atoms with Gasteiger partial charge in [-0.25, -0.2) is 0 Å². The molecule has 0 spiro atoms. The highest BCUT2D eigenvalue weighted by atomic mass is 31.2. The average Bonchev–Trinajstić information content (AvgIpc) is 2.50. The molecule has 24 heavy (non-hydrogen) atoms. The Morgan fingerprint density at radius 3 is 1.42 bits per heavy atom. The van der Waals surface area contributed by atoms with Gasteiger partial charge >= 0.3 is 13.6 Å². The zero-order valence-corrected chi connectivity index (χ0v) is 16.4. The van der Waals surface area contributed by atoms with Gasteiger partial charge in [0.1, 0.15) is 0 Å². The molecule has 0 amide bonds. The molecule has 1 atom stereocenters. The van der Waals surface area contributed by atoms with Crippen molar-refractivity contribution in [2.45, 2.75) is 109 Å². The first-order chi connectivity index (χ1) is 11.3. The SMILES string of the molecule is CCCCCCCCCCC(CCCCCC)(C(=O)O)P(=O)(O)O. The molecule has 0 heterocycles. The lowest BCUT2D eigenvalue weighted by Gasteiger charge is -2.30. The van der Waals surface area contributed by atoms with Gasteiger partial charge in [0.25, 0.3) is 0 Å². The average molecular weight is 364 g/mol. The number of hydrogen-bond donors (Lipinski definition) is 3. The summed E-state index contributed by atoms with van der Waals surface area (Å²) in [6.07, 6.45) is 11.9. The van der Waals surface area contributed by atoms with Crippen molar-refractivity contribution in [2.24, 2.45) is 0 Å². The van der Waals surface area contributed by atoms with Gasteiger partial charge in [-0.05, 0) is 12.8 Å². The Balaban J connectivity index is 4.44. The van der Waals surface area contributed by atoms with Gasteiger partial charge in [-0.1, -0.05) is 90.9 Å². The monoisotopic (exact) mass is 364 g/mol. The number of carbonyl (C=O) groups is 1. The maximum Gasteiger partial charge on any atom is 0.342 e. The quantitative estimate of drug-likeness (QED) is 0.249. The molecule has 0 aromatic heterocycles. The second-order valence-electron chi connectivity index (χ2n) is 6.92. The van der Waals surface area contributed by atoms with Crippen LogP contribution in [0.2, 0.25) is 0 Å². The highest BCUT2D eigenvalue weighted by Crippen LogP contribution is 2.56. The second-order valence-corrected chi connectivity index (χ2v) is 8.86. The number of carboxylic acids is 1. The smallest absolute Gasteiger partial charge is 0.342 e. The van der Waals surface area contributed by atoms with Crippen molar-refractivity contribution in [3.8, 4) is 0 Å². The van der Waals surface area contributed by atoms with Crippen molar-refractivity contribution in [3.05, 3.63) is 0 Å². The summed E-state index contributed by atoms with van der Waals surface area (Å²) in [4.78, 5) is 31.0. The molecule has 0 aliphatic heterocycles. The van der Waals surface area contributed by atoms with Gasteiger partial charge in [-0.3, -0.25) is 9.36 Å². The van der Waals surface area contributed by atoms with Crippen LogP contribution in [0.3, 0.4) is 0 Å². The minimum Gasteiger partial charge on any atom is -0.480 e. The molecule has 5 nitrogen and oxygen atoms in total. The van der Waals surface area contributed by atoms with Gasteiger partial charge in [0.2, 0.25) is 0 Å². The van der Waals surface area contributed by atoms with Gasteiger partial charge in [-0.2, -0.15) is 0 Å². The summed E-state index contributed by atoms with van der Waals surface area (Å²) in [5.74, 6) is -1.34. The number of hydrogen-bond acceptors (Lipinski definition) is 2. The molecule has 0 aromatic rings. The van der Waals surface area contributed by atoms with E-state index in [4.69, 9.17) is 0 Å². The van der Waals surface area contributed by atoms with Crippen molar-refractivity contribution >= 4 is 13.6 Å². The molecule has 0 aliphatic carbocycles. The van der Waals surface area contributed by atoms with Gasteiger partial charge in [0.05, 0.1) is 0 Å². The molecule has 0 bridgehead atoms. The highest BCUT2D eigenvalue weighted by molar-refractivity contribution is 7.54. The molecule has 144 valence electrons. The Bertz CT molecular complexity index is 380. The van der Waals surface area contributed by atoms with Crippen LogP contribution in [-0.2, 0) is 9.36 Å².